The van der Waals surface area contributed by atoms with E-state index in [2.05, 4.69) is 0 Å². The lowest BCUT2D eigenvalue weighted by atomic mass is 10.1. The lowest BCUT2D eigenvalue weighted by Gasteiger charge is -2.34. The molecular weight excluding hydrogens is 284 g/mol. The Kier molecular flexibility index (Phi) is 4.44. The number of nitrogens with one attached hydrogen (secondary N) is 2. The number of hydrogen-bond acceptors (Lipinski definition) is 3. The van der Waals surface area contributed by atoms with E-state index in [4.69, 9.17) is 0 Å². The molecule has 122 valence electrons. The maximum absolute atomic E-state index is 12.3. The number of amides is 3. The van der Waals surface area contributed by atoms with Crippen LogP contribution < -0.4 is 9.80 Å². The molecule has 7 heteroatoms. The Morgan fingerprint density at radius 3 is 2.32 bits per heavy atom. The van der Waals surface area contributed by atoms with Gasteiger partial charge in [-0.1, -0.05) is 0 Å². The third kappa shape index (κ3) is 3.01. The first-order valence-electron chi connectivity index (χ1n) is 8.32. The average Bonchev–Trinajstić information content (AvgIpc) is 3.12. The van der Waals surface area contributed by atoms with Crippen molar-refractivity contribution in [1.82, 2.24) is 9.80 Å². The molecule has 1 unspecified atom stereocenters. The van der Waals surface area contributed by atoms with Gasteiger partial charge < -0.3 is 14.7 Å². The number of imide groups is 1. The van der Waals surface area contributed by atoms with E-state index < -0.39 is 0 Å². The van der Waals surface area contributed by atoms with Gasteiger partial charge in [0.25, 0.3) is 11.8 Å². The molecule has 0 aromatic rings. The van der Waals surface area contributed by atoms with Crippen LogP contribution in [0.4, 0.5) is 0 Å². The van der Waals surface area contributed by atoms with Gasteiger partial charge >= 0.3 is 0 Å². The predicted molar refractivity (Wildman–Crippen MR) is 78.3 cm³/mol. The fraction of sp³-hybridized carbons (Fsp3) is 0.800. The van der Waals surface area contributed by atoms with Gasteiger partial charge in [0.15, 0.2) is 12.6 Å². The lowest BCUT2D eigenvalue weighted by molar-refractivity contribution is -0.919. The van der Waals surface area contributed by atoms with Crippen LogP contribution in [0.25, 0.3) is 0 Å². The van der Waals surface area contributed by atoms with Crippen LogP contribution >= 0.6 is 0 Å². The molecule has 0 saturated carbocycles. The molecule has 1 atom stereocenters. The van der Waals surface area contributed by atoms with E-state index in [1.165, 1.54) is 22.6 Å². The van der Waals surface area contributed by atoms with Crippen molar-refractivity contribution < 1.29 is 24.2 Å². The number of piperazine rings is 1. The smallest absolute Gasteiger partial charge is 0.287 e. The Morgan fingerprint density at radius 2 is 1.77 bits per heavy atom. The molecule has 3 rings (SSSR count). The third-order valence-corrected chi connectivity index (χ3v) is 5.34. The minimum atomic E-state index is -0.237. The van der Waals surface area contributed by atoms with Gasteiger partial charge in [-0.2, -0.15) is 0 Å². The zero-order valence-electron chi connectivity index (χ0n) is 13.3. The van der Waals surface area contributed by atoms with Crippen LogP contribution in [0.15, 0.2) is 0 Å². The maximum Gasteiger partial charge on any atom is 0.287 e. The second-order valence-electron chi connectivity index (χ2n) is 6.72. The quantitative estimate of drug-likeness (QED) is 0.525. The number of rotatable bonds is 3. The third-order valence-electron chi connectivity index (χ3n) is 5.34. The largest absolute Gasteiger partial charge is 0.327 e. The second kappa shape index (κ2) is 6.34. The van der Waals surface area contributed by atoms with E-state index in [-0.39, 0.29) is 23.8 Å². The number of carbonyl (C=O) groups is 3. The monoisotopic (exact) mass is 310 g/mol. The summed E-state index contributed by atoms with van der Waals surface area (Å²) in [7, 11) is 1.56. The van der Waals surface area contributed by atoms with Gasteiger partial charge in [0.05, 0.1) is 45.7 Å². The summed E-state index contributed by atoms with van der Waals surface area (Å²) in [5.74, 6) is 0.0850. The van der Waals surface area contributed by atoms with E-state index >= 15 is 0 Å². The highest BCUT2D eigenvalue weighted by Crippen LogP contribution is 2.08. The van der Waals surface area contributed by atoms with Crippen molar-refractivity contribution in [2.24, 2.45) is 0 Å². The molecule has 0 radical (unpaired) electrons. The van der Waals surface area contributed by atoms with Crippen molar-refractivity contribution in [2.75, 3.05) is 52.9 Å². The number of nitrogens with zero attached hydrogens (tertiary/aromatic N) is 2. The average molecular weight is 310 g/mol. The molecule has 0 bridgehead atoms. The molecule has 3 aliphatic heterocycles. The van der Waals surface area contributed by atoms with Gasteiger partial charge in [-0.15, -0.1) is 0 Å². The van der Waals surface area contributed by atoms with Crippen LogP contribution in [0.1, 0.15) is 19.3 Å². The minimum absolute atomic E-state index is 0.0683. The molecule has 3 fully saturated rings. The first kappa shape index (κ1) is 15.4. The topological polar surface area (TPSA) is 66.6 Å². The molecule has 0 aliphatic carbocycles. The van der Waals surface area contributed by atoms with Gasteiger partial charge in [0, 0.05) is 19.9 Å². The molecule has 3 aliphatic rings. The zero-order chi connectivity index (χ0) is 15.7. The van der Waals surface area contributed by atoms with Crippen LogP contribution in [0.5, 0.6) is 0 Å². The summed E-state index contributed by atoms with van der Waals surface area (Å²) >= 11 is 0. The standard InChI is InChI=1S/C15H24N4O3/c1-16-13(20)10-12(15(16)22)18-6-8-19(9-7-18)14(21)11-17-4-2-3-5-17/h12H,2-11H2,1H3/p+2. The van der Waals surface area contributed by atoms with Crippen molar-refractivity contribution in [2.45, 2.75) is 25.3 Å². The summed E-state index contributed by atoms with van der Waals surface area (Å²) < 4.78 is 0. The lowest BCUT2D eigenvalue weighted by Crippen LogP contribution is -3.19. The molecule has 0 aromatic carbocycles. The number of hydrogen-bond donors (Lipinski definition) is 2. The van der Waals surface area contributed by atoms with Crippen LogP contribution in [0, 0.1) is 0 Å². The molecule has 22 heavy (non-hydrogen) atoms. The molecule has 3 heterocycles. The number of likely N-dealkylation sites (N-methyl/N-ethyl adjacent to an activating group) is 1. The van der Waals surface area contributed by atoms with Crippen molar-refractivity contribution in [3.05, 3.63) is 0 Å². The van der Waals surface area contributed by atoms with Crippen molar-refractivity contribution in [3.8, 4) is 0 Å². The SMILES string of the molecule is CN1C(=O)CC([NH+]2CCN(C(=O)C[NH+]3CCCC3)CC2)C1=O. The molecule has 0 aromatic heterocycles. The Balaban J connectivity index is 1.49. The van der Waals surface area contributed by atoms with Crippen molar-refractivity contribution >= 4 is 17.7 Å². The first-order valence-corrected chi connectivity index (χ1v) is 8.32. The second-order valence-corrected chi connectivity index (χ2v) is 6.72. The summed E-state index contributed by atoms with van der Waals surface area (Å²) in [6.07, 6.45) is 2.77. The van der Waals surface area contributed by atoms with E-state index in [1.54, 1.807) is 7.05 Å². The summed E-state index contributed by atoms with van der Waals surface area (Å²) in [6.45, 7) is 5.76. The van der Waals surface area contributed by atoms with Gasteiger partial charge in [-0.3, -0.25) is 19.3 Å². The summed E-state index contributed by atoms with van der Waals surface area (Å²) in [6, 6.07) is -0.237. The molecule has 7 nitrogen and oxygen atoms in total. The van der Waals surface area contributed by atoms with Crippen LogP contribution in [-0.2, 0) is 14.4 Å². The Morgan fingerprint density at radius 1 is 1.14 bits per heavy atom. The van der Waals surface area contributed by atoms with Gasteiger partial charge in [-0.05, 0) is 0 Å². The molecule has 3 saturated heterocycles. The predicted octanol–water partition coefficient (Wildman–Crippen LogP) is -3.85. The molecule has 0 spiro atoms. The van der Waals surface area contributed by atoms with Gasteiger partial charge in [0.1, 0.15) is 0 Å². The summed E-state index contributed by atoms with van der Waals surface area (Å²) in [4.78, 5) is 41.7. The summed E-state index contributed by atoms with van der Waals surface area (Å²) in [5.41, 5.74) is 0. The van der Waals surface area contributed by atoms with Crippen molar-refractivity contribution in [3.63, 3.8) is 0 Å². The Bertz CT molecular complexity index is 467. The van der Waals surface area contributed by atoms with Crippen molar-refractivity contribution in [1.29, 1.82) is 0 Å². The van der Waals surface area contributed by atoms with Gasteiger partial charge in [0.2, 0.25) is 5.91 Å². The fourth-order valence-corrected chi connectivity index (χ4v) is 3.84. The van der Waals surface area contributed by atoms with Gasteiger partial charge in [-0.25, -0.2) is 0 Å². The Hall–Kier alpha value is -1.47. The molecule has 3 amide bonds. The van der Waals surface area contributed by atoms with Crippen LogP contribution in [0.2, 0.25) is 0 Å². The van der Waals surface area contributed by atoms with E-state index in [1.807, 2.05) is 4.90 Å². The van der Waals surface area contributed by atoms with E-state index in [0.29, 0.717) is 26.1 Å². The normalized spacial score (nSPS) is 28.0. The number of carbonyl (C=O) groups excluding carboxylic acids is 3. The first-order chi connectivity index (χ1) is 10.6. The highest BCUT2D eigenvalue weighted by Gasteiger charge is 2.44. The summed E-state index contributed by atoms with van der Waals surface area (Å²) in [5, 5.41) is 0. The van der Waals surface area contributed by atoms with Crippen LogP contribution in [-0.4, -0.2) is 86.4 Å². The molecule has 2 N–H and O–H groups in total. The fourth-order valence-electron chi connectivity index (χ4n) is 3.84. The maximum atomic E-state index is 12.3. The minimum Gasteiger partial charge on any atom is -0.327 e. The van der Waals surface area contributed by atoms with E-state index in [9.17, 15) is 14.4 Å². The zero-order valence-corrected chi connectivity index (χ0v) is 13.3. The highest BCUT2D eigenvalue weighted by atomic mass is 16.2. The Labute approximate surface area is 130 Å². The van der Waals surface area contributed by atoms with E-state index in [0.717, 1.165) is 31.1 Å². The van der Waals surface area contributed by atoms with Crippen LogP contribution in [0.3, 0.4) is 0 Å². The number of quaternary nitrogens is 2. The highest BCUT2D eigenvalue weighted by molar-refractivity contribution is 6.04. The number of likely N-dealkylation sites (tertiary alicyclic amines) is 2. The molecular formula is C15H26N4O3+2.